The Hall–Kier alpha value is -2.68. The first kappa shape index (κ1) is 25.0. The van der Waals surface area contributed by atoms with Gasteiger partial charge in [0.25, 0.3) is 0 Å². The molecule has 1 aliphatic heterocycles. The Kier molecular flexibility index (Phi) is 9.05. The second kappa shape index (κ2) is 12.0. The van der Waals surface area contributed by atoms with E-state index in [0.29, 0.717) is 17.5 Å². The van der Waals surface area contributed by atoms with E-state index in [4.69, 9.17) is 25.6 Å². The van der Waals surface area contributed by atoms with E-state index < -0.39 is 6.10 Å². The molecule has 2 aromatic rings. The number of nitrogens with two attached hydrogens (primary N) is 1. The highest BCUT2D eigenvalue weighted by atomic mass is 16.5. The topological polar surface area (TPSA) is 117 Å². The molecule has 33 heavy (non-hydrogen) atoms. The maximum Gasteiger partial charge on any atom is 0.137 e. The molecule has 1 atom stereocenters. The maximum absolute atomic E-state index is 9.71. The average molecular weight is 456 g/mol. The van der Waals surface area contributed by atoms with Gasteiger partial charge in [-0.1, -0.05) is 12.1 Å². The molecule has 0 saturated carbocycles. The number of hydrogen-bond donors (Lipinski definition) is 4. The minimum absolute atomic E-state index is 0.138. The summed E-state index contributed by atoms with van der Waals surface area (Å²) in [4.78, 5) is 7.09. The van der Waals surface area contributed by atoms with Crippen molar-refractivity contribution in [3.05, 3.63) is 35.9 Å². The SMILES string of the molecule is CC(C)Nc1nc(-c2cccc(OCC(O)CN)c2)cc(N(C)CC2CCOCC2)c1C=N. The molecule has 3 rings (SSSR count). The molecule has 1 aromatic carbocycles. The highest BCUT2D eigenvalue weighted by Crippen LogP contribution is 2.33. The smallest absolute Gasteiger partial charge is 0.137 e. The van der Waals surface area contributed by atoms with Crippen LogP contribution in [0.15, 0.2) is 30.3 Å². The van der Waals surface area contributed by atoms with E-state index in [1.807, 2.05) is 30.3 Å². The van der Waals surface area contributed by atoms with Gasteiger partial charge in [-0.15, -0.1) is 0 Å². The lowest BCUT2D eigenvalue weighted by atomic mass is 9.99. The van der Waals surface area contributed by atoms with Gasteiger partial charge in [0.05, 0.1) is 16.9 Å². The summed E-state index contributed by atoms with van der Waals surface area (Å²) in [7, 11) is 2.08. The van der Waals surface area contributed by atoms with Crippen LogP contribution < -0.4 is 20.7 Å². The van der Waals surface area contributed by atoms with Crippen LogP contribution in [0, 0.1) is 11.3 Å². The predicted octanol–water partition coefficient (Wildman–Crippen LogP) is 3.13. The van der Waals surface area contributed by atoms with Gasteiger partial charge in [-0.25, -0.2) is 4.98 Å². The standard InChI is InChI=1S/C25H37N5O3/c1-17(2)28-25-22(14-27)24(30(3)15-18-7-9-32-10-8-18)12-23(29-25)19-5-4-6-21(11-19)33-16-20(31)13-26/h4-6,11-12,14,17-18,20,27,31H,7-10,13,15-16,26H2,1-3H3,(H,28,29). The molecule has 2 heterocycles. The summed E-state index contributed by atoms with van der Waals surface area (Å²) in [6.45, 7) is 6.93. The lowest BCUT2D eigenvalue weighted by Crippen LogP contribution is -2.30. The van der Waals surface area contributed by atoms with Gasteiger partial charge in [-0.3, -0.25) is 0 Å². The number of aliphatic hydroxyl groups is 1. The molecule has 0 amide bonds. The summed E-state index contributed by atoms with van der Waals surface area (Å²) >= 11 is 0. The van der Waals surface area contributed by atoms with Crippen LogP contribution in [0.25, 0.3) is 11.3 Å². The Morgan fingerprint density at radius 2 is 2.09 bits per heavy atom. The van der Waals surface area contributed by atoms with Crippen molar-refractivity contribution >= 4 is 17.7 Å². The second-order valence-electron chi connectivity index (χ2n) is 8.90. The van der Waals surface area contributed by atoms with Gasteiger partial charge in [0.15, 0.2) is 0 Å². The highest BCUT2D eigenvalue weighted by molar-refractivity contribution is 5.94. The molecule has 0 radical (unpaired) electrons. The molecule has 1 saturated heterocycles. The van der Waals surface area contributed by atoms with Gasteiger partial charge < -0.3 is 35.9 Å². The third-order valence-corrected chi connectivity index (χ3v) is 5.73. The van der Waals surface area contributed by atoms with Gasteiger partial charge in [-0.2, -0.15) is 0 Å². The predicted molar refractivity (Wildman–Crippen MR) is 134 cm³/mol. The normalized spacial score (nSPS) is 15.3. The Morgan fingerprint density at radius 1 is 1.33 bits per heavy atom. The number of hydrogen-bond acceptors (Lipinski definition) is 8. The summed E-state index contributed by atoms with van der Waals surface area (Å²) in [6.07, 6.45) is 2.78. The molecule has 5 N–H and O–H groups in total. The van der Waals surface area contributed by atoms with Crippen LogP contribution in [0.5, 0.6) is 5.75 Å². The van der Waals surface area contributed by atoms with Crippen molar-refractivity contribution in [3.8, 4) is 17.0 Å². The van der Waals surface area contributed by atoms with Crippen LogP contribution in [0.4, 0.5) is 11.5 Å². The first-order chi connectivity index (χ1) is 15.9. The molecule has 180 valence electrons. The van der Waals surface area contributed by atoms with Gasteiger partial charge in [-0.05, 0) is 50.8 Å². The molecule has 1 unspecified atom stereocenters. The number of aromatic nitrogens is 1. The summed E-state index contributed by atoms with van der Waals surface area (Å²) in [5.41, 5.74) is 8.92. The molecular formula is C25H37N5O3. The van der Waals surface area contributed by atoms with Crippen molar-refractivity contribution in [2.24, 2.45) is 11.7 Å². The fraction of sp³-hybridized carbons (Fsp3) is 0.520. The lowest BCUT2D eigenvalue weighted by Gasteiger charge is -2.30. The lowest BCUT2D eigenvalue weighted by molar-refractivity contribution is 0.0685. The van der Waals surface area contributed by atoms with Crippen molar-refractivity contribution < 1.29 is 14.6 Å². The minimum atomic E-state index is -0.703. The zero-order valence-corrected chi connectivity index (χ0v) is 19.9. The molecule has 1 aromatic heterocycles. The number of aliphatic hydroxyl groups excluding tert-OH is 1. The highest BCUT2D eigenvalue weighted by Gasteiger charge is 2.20. The largest absolute Gasteiger partial charge is 0.491 e. The third kappa shape index (κ3) is 6.90. The van der Waals surface area contributed by atoms with E-state index in [1.165, 1.54) is 6.21 Å². The number of pyridine rings is 1. The maximum atomic E-state index is 9.71. The van der Waals surface area contributed by atoms with E-state index in [-0.39, 0.29) is 19.2 Å². The molecular weight excluding hydrogens is 418 g/mol. The van der Waals surface area contributed by atoms with Gasteiger partial charge in [0, 0.05) is 51.2 Å². The van der Waals surface area contributed by atoms with Gasteiger partial charge in [0.2, 0.25) is 0 Å². The van der Waals surface area contributed by atoms with E-state index >= 15 is 0 Å². The fourth-order valence-electron chi connectivity index (χ4n) is 3.95. The molecule has 1 aliphatic rings. The first-order valence-corrected chi connectivity index (χ1v) is 11.6. The molecule has 0 aliphatic carbocycles. The zero-order chi connectivity index (χ0) is 23.8. The quantitative estimate of drug-likeness (QED) is 0.385. The molecule has 0 spiro atoms. The van der Waals surface area contributed by atoms with Crippen LogP contribution in [0.1, 0.15) is 32.3 Å². The second-order valence-corrected chi connectivity index (χ2v) is 8.90. The molecule has 8 heteroatoms. The Balaban J connectivity index is 1.95. The molecule has 0 bridgehead atoms. The Labute approximate surface area is 196 Å². The summed E-state index contributed by atoms with van der Waals surface area (Å²) in [5, 5.41) is 21.2. The van der Waals surface area contributed by atoms with E-state index in [1.54, 1.807) is 0 Å². The zero-order valence-electron chi connectivity index (χ0n) is 19.9. The van der Waals surface area contributed by atoms with E-state index in [2.05, 4.69) is 31.1 Å². The summed E-state index contributed by atoms with van der Waals surface area (Å²) in [6, 6.07) is 9.87. The Morgan fingerprint density at radius 3 is 2.76 bits per heavy atom. The number of anilines is 2. The molecule has 8 nitrogen and oxygen atoms in total. The van der Waals surface area contributed by atoms with E-state index in [9.17, 15) is 5.11 Å². The number of nitrogens with zero attached hydrogens (tertiary/aromatic N) is 2. The number of rotatable bonds is 11. The van der Waals surface area contributed by atoms with Crippen molar-refractivity contribution in [3.63, 3.8) is 0 Å². The number of nitrogens with one attached hydrogen (secondary N) is 2. The average Bonchev–Trinajstić information content (AvgIpc) is 2.82. The third-order valence-electron chi connectivity index (χ3n) is 5.73. The fourth-order valence-corrected chi connectivity index (χ4v) is 3.95. The molecule has 1 fully saturated rings. The van der Waals surface area contributed by atoms with Crippen molar-refractivity contribution in [2.75, 3.05) is 50.2 Å². The van der Waals surface area contributed by atoms with Gasteiger partial charge in [0.1, 0.15) is 24.3 Å². The number of benzene rings is 1. The monoisotopic (exact) mass is 455 g/mol. The minimum Gasteiger partial charge on any atom is -0.491 e. The van der Waals surface area contributed by atoms with E-state index in [0.717, 1.165) is 55.1 Å². The van der Waals surface area contributed by atoms with Crippen LogP contribution in [-0.2, 0) is 4.74 Å². The summed E-state index contributed by atoms with van der Waals surface area (Å²) < 4.78 is 11.2. The van der Waals surface area contributed by atoms with Crippen molar-refractivity contribution in [2.45, 2.75) is 38.8 Å². The number of ether oxygens (including phenoxy) is 2. The van der Waals surface area contributed by atoms with Crippen LogP contribution in [0.2, 0.25) is 0 Å². The van der Waals surface area contributed by atoms with Crippen molar-refractivity contribution in [1.29, 1.82) is 5.41 Å². The summed E-state index contributed by atoms with van der Waals surface area (Å²) in [5.74, 6) is 1.90. The van der Waals surface area contributed by atoms with Crippen LogP contribution in [0.3, 0.4) is 0 Å². The van der Waals surface area contributed by atoms with Crippen LogP contribution in [-0.4, -0.2) is 68.4 Å². The van der Waals surface area contributed by atoms with Crippen LogP contribution >= 0.6 is 0 Å². The Bertz CT molecular complexity index is 915. The first-order valence-electron chi connectivity index (χ1n) is 11.6. The van der Waals surface area contributed by atoms with Gasteiger partial charge >= 0.3 is 0 Å². The van der Waals surface area contributed by atoms with Crippen molar-refractivity contribution in [1.82, 2.24) is 4.98 Å².